The molecule has 0 bridgehead atoms. The molecule has 1 aliphatic heterocycles. The van der Waals surface area contributed by atoms with E-state index in [0.29, 0.717) is 28.0 Å². The normalized spacial score (nSPS) is 16.4. The van der Waals surface area contributed by atoms with Crippen molar-refractivity contribution >= 4 is 46.2 Å². The molecule has 0 fully saturated rings. The van der Waals surface area contributed by atoms with Gasteiger partial charge in [-0.1, -0.05) is 41.4 Å². The minimum atomic E-state index is -0.231. The van der Waals surface area contributed by atoms with Gasteiger partial charge in [-0.2, -0.15) is 5.10 Å². The summed E-state index contributed by atoms with van der Waals surface area (Å²) >= 11 is 17.7. The first-order valence-electron chi connectivity index (χ1n) is 7.78. The van der Waals surface area contributed by atoms with Crippen molar-refractivity contribution in [3.05, 3.63) is 57.6 Å². The molecule has 2 aromatic carbocycles. The molecule has 5 nitrogen and oxygen atoms in total. The van der Waals surface area contributed by atoms with E-state index < -0.39 is 0 Å². The van der Waals surface area contributed by atoms with Gasteiger partial charge >= 0.3 is 0 Å². The Kier molecular flexibility index (Phi) is 5.55. The molecular weight excluding hydrogens is 393 g/mol. The minimum absolute atomic E-state index is 0.171. The highest BCUT2D eigenvalue weighted by atomic mass is 35.5. The van der Waals surface area contributed by atoms with E-state index in [1.807, 2.05) is 30.3 Å². The molecule has 0 aliphatic carbocycles. The van der Waals surface area contributed by atoms with E-state index in [1.165, 1.54) is 0 Å². The number of nitrogens with zero attached hydrogens (tertiary/aromatic N) is 2. The van der Waals surface area contributed by atoms with E-state index in [2.05, 4.69) is 5.10 Å². The fourth-order valence-electron chi connectivity index (χ4n) is 2.93. The fraction of sp³-hybridized carbons (Fsp3) is 0.222. The van der Waals surface area contributed by atoms with Crippen molar-refractivity contribution in [2.45, 2.75) is 12.5 Å². The van der Waals surface area contributed by atoms with Crippen molar-refractivity contribution in [3.63, 3.8) is 0 Å². The topological polar surface area (TPSA) is 60.1 Å². The molecule has 26 heavy (non-hydrogen) atoms. The van der Waals surface area contributed by atoms with Crippen molar-refractivity contribution in [2.75, 3.05) is 14.2 Å². The van der Waals surface area contributed by atoms with Gasteiger partial charge in [-0.15, -0.1) is 0 Å². The Morgan fingerprint density at radius 2 is 1.85 bits per heavy atom. The molecule has 2 N–H and O–H groups in total. The van der Waals surface area contributed by atoms with E-state index in [9.17, 15) is 0 Å². The van der Waals surface area contributed by atoms with Crippen molar-refractivity contribution in [1.82, 2.24) is 5.01 Å². The van der Waals surface area contributed by atoms with E-state index in [-0.39, 0.29) is 11.2 Å². The zero-order valence-corrected chi connectivity index (χ0v) is 16.5. The number of rotatable bonds is 4. The van der Waals surface area contributed by atoms with E-state index in [4.69, 9.17) is 50.6 Å². The van der Waals surface area contributed by atoms with Crippen LogP contribution in [-0.4, -0.2) is 30.1 Å². The maximum atomic E-state index is 6.57. The molecule has 0 radical (unpaired) electrons. The van der Waals surface area contributed by atoms with E-state index in [0.717, 1.165) is 16.8 Å². The number of ether oxygens (including phenoxy) is 2. The molecule has 3 rings (SSSR count). The summed E-state index contributed by atoms with van der Waals surface area (Å²) in [6, 6.07) is 10.9. The Morgan fingerprint density at radius 1 is 1.15 bits per heavy atom. The molecular formula is C18H17Cl2N3O2S. The second-order valence-electron chi connectivity index (χ2n) is 5.66. The SMILES string of the molecule is COc1ccc(C2CC(c3ccc(Cl)cc3)=NN2C(N)=S)c(Cl)c1OC. The maximum absolute atomic E-state index is 6.57. The van der Waals surface area contributed by atoms with Crippen molar-refractivity contribution in [2.24, 2.45) is 10.8 Å². The third-order valence-corrected chi connectivity index (χ3v) is 5.02. The molecule has 0 spiro atoms. The van der Waals surface area contributed by atoms with Gasteiger partial charge in [0.05, 0.1) is 31.0 Å². The van der Waals surface area contributed by atoms with Crippen LogP contribution in [0.4, 0.5) is 0 Å². The largest absolute Gasteiger partial charge is 0.493 e. The van der Waals surface area contributed by atoms with Gasteiger partial charge in [0.2, 0.25) is 0 Å². The lowest BCUT2D eigenvalue weighted by atomic mass is 9.98. The third-order valence-electron chi connectivity index (χ3n) is 4.19. The van der Waals surface area contributed by atoms with E-state index in [1.54, 1.807) is 25.3 Å². The van der Waals surface area contributed by atoms with Gasteiger partial charge in [0.25, 0.3) is 0 Å². The predicted octanol–water partition coefficient (Wildman–Crippen LogP) is 4.41. The number of methoxy groups -OCH3 is 2. The van der Waals surface area contributed by atoms with Crippen LogP contribution in [0.2, 0.25) is 10.0 Å². The highest BCUT2D eigenvalue weighted by Gasteiger charge is 2.33. The van der Waals surface area contributed by atoms with Crippen LogP contribution in [0.15, 0.2) is 41.5 Å². The molecule has 1 aliphatic rings. The zero-order valence-electron chi connectivity index (χ0n) is 14.2. The summed E-state index contributed by atoms with van der Waals surface area (Å²) in [5, 5.41) is 7.48. The third kappa shape index (κ3) is 3.45. The summed E-state index contributed by atoms with van der Waals surface area (Å²) < 4.78 is 10.7. The van der Waals surface area contributed by atoms with Crippen LogP contribution in [-0.2, 0) is 0 Å². The molecule has 0 saturated heterocycles. The number of benzene rings is 2. The summed E-state index contributed by atoms with van der Waals surface area (Å²) in [7, 11) is 3.11. The van der Waals surface area contributed by atoms with Gasteiger partial charge in [-0.3, -0.25) is 0 Å². The van der Waals surface area contributed by atoms with Gasteiger partial charge in [0, 0.05) is 11.4 Å². The molecule has 1 unspecified atom stereocenters. The smallest absolute Gasteiger partial charge is 0.187 e. The van der Waals surface area contributed by atoms with Crippen molar-refractivity contribution in [1.29, 1.82) is 0 Å². The summed E-state index contributed by atoms with van der Waals surface area (Å²) in [6.07, 6.45) is 0.591. The number of hydrogen-bond acceptors (Lipinski definition) is 4. The number of hydrazone groups is 1. The molecule has 8 heteroatoms. The highest BCUT2D eigenvalue weighted by molar-refractivity contribution is 7.80. The van der Waals surface area contributed by atoms with Crippen LogP contribution in [0.5, 0.6) is 11.5 Å². The van der Waals surface area contributed by atoms with Crippen LogP contribution >= 0.6 is 35.4 Å². The summed E-state index contributed by atoms with van der Waals surface area (Å²) in [4.78, 5) is 0. The maximum Gasteiger partial charge on any atom is 0.187 e. The quantitative estimate of drug-likeness (QED) is 0.757. The summed E-state index contributed by atoms with van der Waals surface area (Å²) in [5.41, 5.74) is 8.51. The standard InChI is InChI=1S/C18H17Cl2N3O2S/c1-24-15-8-7-12(16(20)17(15)25-2)14-9-13(22-23(14)18(21)26)10-3-5-11(19)6-4-10/h3-8,14H,9H2,1-2H3,(H2,21,26). The van der Waals surface area contributed by atoms with Crippen LogP contribution < -0.4 is 15.2 Å². The van der Waals surface area contributed by atoms with Gasteiger partial charge in [0.15, 0.2) is 16.6 Å². The molecule has 0 aromatic heterocycles. The van der Waals surface area contributed by atoms with Gasteiger partial charge in [0.1, 0.15) is 0 Å². The predicted molar refractivity (Wildman–Crippen MR) is 109 cm³/mol. The Balaban J connectivity index is 2.01. The van der Waals surface area contributed by atoms with Crippen molar-refractivity contribution < 1.29 is 9.47 Å². The summed E-state index contributed by atoms with van der Waals surface area (Å²) in [5.74, 6) is 1.02. The molecule has 0 amide bonds. The first-order chi connectivity index (χ1) is 12.5. The van der Waals surface area contributed by atoms with E-state index >= 15 is 0 Å². The first-order valence-corrected chi connectivity index (χ1v) is 8.95. The lowest BCUT2D eigenvalue weighted by Gasteiger charge is -2.24. The first kappa shape index (κ1) is 18.8. The molecule has 1 heterocycles. The number of hydrogen-bond donors (Lipinski definition) is 1. The Bertz CT molecular complexity index is 871. The Labute approximate surface area is 167 Å². The minimum Gasteiger partial charge on any atom is -0.493 e. The number of thiocarbonyl (C=S) groups is 1. The average Bonchev–Trinajstić information content (AvgIpc) is 3.07. The van der Waals surface area contributed by atoms with Crippen LogP contribution in [0, 0.1) is 0 Å². The number of halogens is 2. The second-order valence-corrected chi connectivity index (χ2v) is 6.89. The summed E-state index contributed by atoms with van der Waals surface area (Å²) in [6.45, 7) is 0. The van der Waals surface area contributed by atoms with Gasteiger partial charge < -0.3 is 15.2 Å². The van der Waals surface area contributed by atoms with Gasteiger partial charge in [-0.05, 0) is 41.5 Å². The average molecular weight is 410 g/mol. The van der Waals surface area contributed by atoms with Crippen LogP contribution in [0.3, 0.4) is 0 Å². The Hall–Kier alpha value is -2.02. The number of nitrogens with two attached hydrogens (primary N) is 1. The highest BCUT2D eigenvalue weighted by Crippen LogP contribution is 2.43. The molecule has 0 saturated carbocycles. The van der Waals surface area contributed by atoms with Crippen molar-refractivity contribution in [3.8, 4) is 11.5 Å². The fourth-order valence-corrected chi connectivity index (χ4v) is 3.59. The monoisotopic (exact) mass is 409 g/mol. The van der Waals surface area contributed by atoms with Crippen LogP contribution in [0.1, 0.15) is 23.6 Å². The van der Waals surface area contributed by atoms with Gasteiger partial charge in [-0.25, -0.2) is 5.01 Å². The van der Waals surface area contributed by atoms with Crippen LogP contribution in [0.25, 0.3) is 0 Å². The second kappa shape index (κ2) is 7.70. The Morgan fingerprint density at radius 3 is 2.42 bits per heavy atom. The molecule has 136 valence electrons. The molecule has 1 atom stereocenters. The lowest BCUT2D eigenvalue weighted by molar-refractivity contribution is 0.348. The lowest BCUT2D eigenvalue weighted by Crippen LogP contribution is -2.31. The molecule has 2 aromatic rings. The zero-order chi connectivity index (χ0) is 18.8.